The van der Waals surface area contributed by atoms with Gasteiger partial charge in [0.2, 0.25) is 6.39 Å². The van der Waals surface area contributed by atoms with Crippen molar-refractivity contribution < 1.29 is 31.5 Å². The molecule has 0 saturated heterocycles. The molecule has 34 heavy (non-hydrogen) atoms. The van der Waals surface area contributed by atoms with Crippen molar-refractivity contribution in [1.82, 2.24) is 24.6 Å². The summed E-state index contributed by atoms with van der Waals surface area (Å²) in [5.41, 5.74) is -0.0726. The number of hydrogen-bond acceptors (Lipinski definition) is 6. The maximum Gasteiger partial charge on any atom is 0.459 e. The van der Waals surface area contributed by atoms with Crippen molar-refractivity contribution in [2.24, 2.45) is 0 Å². The van der Waals surface area contributed by atoms with Crippen LogP contribution in [0.5, 0.6) is 0 Å². The standard InChI is InChI=1S/C22H14F5N5O2/c1-11-2-4-12(5-3-11)14-8-16(21(23,24)22(25,26)27)29-19-13(14)6-7-17-30-18(15(9-33)32(17)19)20-31-28-10-34-20/h2-8,10,33H,9H2,1H3. The summed E-state index contributed by atoms with van der Waals surface area (Å²) in [6, 6.07) is 10.5. The molecule has 0 radical (unpaired) electrons. The highest BCUT2D eigenvalue weighted by atomic mass is 19.4. The zero-order valence-corrected chi connectivity index (χ0v) is 17.3. The van der Waals surface area contributed by atoms with E-state index < -0.39 is 24.4 Å². The Morgan fingerprint density at radius 3 is 2.35 bits per heavy atom. The first-order chi connectivity index (χ1) is 16.1. The first-order valence-corrected chi connectivity index (χ1v) is 9.86. The van der Waals surface area contributed by atoms with E-state index in [9.17, 15) is 27.1 Å². The van der Waals surface area contributed by atoms with Gasteiger partial charge in [-0.25, -0.2) is 9.97 Å². The van der Waals surface area contributed by atoms with Crippen LogP contribution in [-0.4, -0.2) is 35.8 Å². The molecule has 174 valence electrons. The van der Waals surface area contributed by atoms with Gasteiger partial charge in [0.1, 0.15) is 17.0 Å². The van der Waals surface area contributed by atoms with Gasteiger partial charge in [-0.15, -0.1) is 10.2 Å². The van der Waals surface area contributed by atoms with Crippen LogP contribution in [0.4, 0.5) is 22.0 Å². The van der Waals surface area contributed by atoms with Crippen molar-refractivity contribution in [3.63, 3.8) is 0 Å². The Hall–Kier alpha value is -3.93. The molecule has 4 heterocycles. The monoisotopic (exact) mass is 475 g/mol. The molecule has 0 fully saturated rings. The lowest BCUT2D eigenvalue weighted by Gasteiger charge is -2.21. The molecule has 7 nitrogen and oxygen atoms in total. The third-order valence-corrected chi connectivity index (χ3v) is 5.40. The quantitative estimate of drug-likeness (QED) is 0.366. The minimum atomic E-state index is -5.87. The lowest BCUT2D eigenvalue weighted by atomic mass is 9.99. The molecule has 0 aliphatic rings. The van der Waals surface area contributed by atoms with E-state index >= 15 is 0 Å². The maximum atomic E-state index is 14.5. The summed E-state index contributed by atoms with van der Waals surface area (Å²) in [6.45, 7) is 1.17. The van der Waals surface area contributed by atoms with E-state index in [0.29, 0.717) is 5.56 Å². The largest absolute Gasteiger partial charge is 0.459 e. The highest BCUT2D eigenvalue weighted by Gasteiger charge is 2.60. The number of alkyl halides is 5. The second kappa shape index (κ2) is 7.55. The lowest BCUT2D eigenvalue weighted by Crippen LogP contribution is -2.34. The highest BCUT2D eigenvalue weighted by molar-refractivity contribution is 5.95. The van der Waals surface area contributed by atoms with Crippen molar-refractivity contribution in [1.29, 1.82) is 0 Å². The summed E-state index contributed by atoms with van der Waals surface area (Å²) < 4.78 is 75.1. The zero-order chi connectivity index (χ0) is 24.3. The molecule has 0 saturated carbocycles. The highest BCUT2D eigenvalue weighted by Crippen LogP contribution is 2.45. The first-order valence-electron chi connectivity index (χ1n) is 9.86. The normalized spacial score (nSPS) is 12.7. The number of hydrogen-bond donors (Lipinski definition) is 1. The van der Waals surface area contributed by atoms with Gasteiger partial charge in [-0.1, -0.05) is 29.8 Å². The molecule has 0 spiro atoms. The number of halogens is 5. The van der Waals surface area contributed by atoms with E-state index in [-0.39, 0.29) is 39.5 Å². The number of fused-ring (bicyclic) bond motifs is 3. The van der Waals surface area contributed by atoms with Gasteiger partial charge in [0.05, 0.1) is 12.3 Å². The SMILES string of the molecule is Cc1ccc(-c2cc(C(F)(F)C(F)(F)F)nc3c2ccc2nc(-c4nnco4)c(CO)n23)cc1. The fourth-order valence-corrected chi connectivity index (χ4v) is 3.73. The summed E-state index contributed by atoms with van der Waals surface area (Å²) in [4.78, 5) is 8.01. The Labute approximate surface area is 187 Å². The fraction of sp³-hybridized carbons (Fsp3) is 0.182. The number of nitrogens with zero attached hydrogens (tertiary/aromatic N) is 5. The number of imidazole rings is 1. The van der Waals surface area contributed by atoms with Crippen LogP contribution >= 0.6 is 0 Å². The van der Waals surface area contributed by atoms with Crippen LogP contribution in [0, 0.1) is 6.92 Å². The average Bonchev–Trinajstić information content (AvgIpc) is 3.45. The molecule has 12 heteroatoms. The molecule has 0 aliphatic heterocycles. The van der Waals surface area contributed by atoms with E-state index in [1.165, 1.54) is 16.5 Å². The number of aromatic nitrogens is 5. The molecular weight excluding hydrogens is 461 g/mol. The fourth-order valence-electron chi connectivity index (χ4n) is 3.73. The number of aryl methyl sites for hydroxylation is 1. The molecule has 0 atom stereocenters. The van der Waals surface area contributed by atoms with Crippen molar-refractivity contribution in [3.8, 4) is 22.7 Å². The summed E-state index contributed by atoms with van der Waals surface area (Å²) in [6.07, 6.45) is -4.83. The molecule has 5 rings (SSSR count). The number of pyridine rings is 2. The van der Waals surface area contributed by atoms with Crippen molar-refractivity contribution >= 4 is 16.7 Å². The Balaban J connectivity index is 1.91. The van der Waals surface area contributed by atoms with Crippen LogP contribution in [0.2, 0.25) is 0 Å². The Morgan fingerprint density at radius 2 is 1.74 bits per heavy atom. The van der Waals surface area contributed by atoms with E-state index in [0.717, 1.165) is 18.0 Å². The zero-order valence-electron chi connectivity index (χ0n) is 17.3. The first kappa shape index (κ1) is 21.9. The van der Waals surface area contributed by atoms with Crippen LogP contribution in [0.3, 0.4) is 0 Å². The van der Waals surface area contributed by atoms with Gasteiger partial charge in [-0.2, -0.15) is 22.0 Å². The molecule has 1 N–H and O–H groups in total. The van der Waals surface area contributed by atoms with Crippen molar-refractivity contribution in [3.05, 3.63) is 65.8 Å². The minimum absolute atomic E-state index is 0.0414. The number of benzene rings is 1. The molecule has 4 aromatic heterocycles. The summed E-state index contributed by atoms with van der Waals surface area (Å²) in [5.74, 6) is -5.28. The van der Waals surface area contributed by atoms with E-state index in [2.05, 4.69) is 20.2 Å². The molecular formula is C22H14F5N5O2. The predicted molar refractivity (Wildman–Crippen MR) is 110 cm³/mol. The van der Waals surface area contributed by atoms with Gasteiger partial charge >= 0.3 is 12.1 Å². The molecule has 0 bridgehead atoms. The van der Waals surface area contributed by atoms with Gasteiger partial charge in [-0.3, -0.25) is 4.40 Å². The minimum Gasteiger partial charge on any atom is -0.422 e. The lowest BCUT2D eigenvalue weighted by molar-refractivity contribution is -0.290. The van der Waals surface area contributed by atoms with E-state index in [4.69, 9.17) is 4.42 Å². The summed E-state index contributed by atoms with van der Waals surface area (Å²) >= 11 is 0. The van der Waals surface area contributed by atoms with Gasteiger partial charge in [0, 0.05) is 5.39 Å². The number of aliphatic hydroxyl groups is 1. The predicted octanol–water partition coefficient (Wildman–Crippen LogP) is 5.05. The van der Waals surface area contributed by atoms with Crippen LogP contribution in [0.1, 0.15) is 17.0 Å². The third kappa shape index (κ3) is 3.29. The Morgan fingerprint density at radius 1 is 1.00 bits per heavy atom. The van der Waals surface area contributed by atoms with Crippen molar-refractivity contribution in [2.75, 3.05) is 0 Å². The number of rotatable bonds is 4. The average molecular weight is 475 g/mol. The van der Waals surface area contributed by atoms with E-state index in [1.807, 2.05) is 6.92 Å². The van der Waals surface area contributed by atoms with Gasteiger partial charge < -0.3 is 9.52 Å². The number of aliphatic hydroxyl groups excluding tert-OH is 1. The summed E-state index contributed by atoms with van der Waals surface area (Å²) in [5, 5.41) is 17.6. The molecule has 0 aliphatic carbocycles. The van der Waals surface area contributed by atoms with Crippen LogP contribution in [0.15, 0.2) is 53.3 Å². The summed E-state index contributed by atoms with van der Waals surface area (Å²) in [7, 11) is 0. The third-order valence-electron chi connectivity index (χ3n) is 5.40. The molecule has 0 unspecified atom stereocenters. The Kier molecular flexibility index (Phi) is 4.86. The van der Waals surface area contributed by atoms with Gasteiger partial charge in [-0.05, 0) is 36.2 Å². The van der Waals surface area contributed by atoms with E-state index in [1.54, 1.807) is 24.3 Å². The van der Waals surface area contributed by atoms with Crippen LogP contribution < -0.4 is 0 Å². The topological polar surface area (TPSA) is 89.3 Å². The molecule has 5 aromatic rings. The van der Waals surface area contributed by atoms with Crippen molar-refractivity contribution in [2.45, 2.75) is 25.6 Å². The van der Waals surface area contributed by atoms with Crippen LogP contribution in [-0.2, 0) is 12.5 Å². The molecule has 0 amide bonds. The smallest absolute Gasteiger partial charge is 0.422 e. The van der Waals surface area contributed by atoms with Gasteiger partial charge in [0.25, 0.3) is 5.89 Å². The second-order valence-electron chi connectivity index (χ2n) is 7.57. The Bertz CT molecular complexity index is 1510. The second-order valence-corrected chi connectivity index (χ2v) is 7.57. The van der Waals surface area contributed by atoms with Gasteiger partial charge in [0.15, 0.2) is 5.69 Å². The molecule has 1 aromatic carbocycles. The van der Waals surface area contributed by atoms with Crippen LogP contribution in [0.25, 0.3) is 39.4 Å². The maximum absolute atomic E-state index is 14.5.